The fourth-order valence-corrected chi connectivity index (χ4v) is 2.99. The van der Waals surface area contributed by atoms with Gasteiger partial charge in [-0.15, -0.1) is 0 Å². The molecule has 0 spiro atoms. The van der Waals surface area contributed by atoms with Crippen LogP contribution in [0.3, 0.4) is 0 Å². The van der Waals surface area contributed by atoms with Crippen molar-refractivity contribution in [2.75, 3.05) is 0 Å². The molecule has 1 aliphatic heterocycles. The quantitative estimate of drug-likeness (QED) is 0.784. The minimum Gasteiger partial charge on any atom is -0.307 e. The zero-order valence-corrected chi connectivity index (χ0v) is 10.1. The number of fused-ring (bicyclic) bond motifs is 1. The van der Waals surface area contributed by atoms with Crippen LogP contribution >= 0.6 is 0 Å². The highest BCUT2D eigenvalue weighted by molar-refractivity contribution is 5.29. The zero-order chi connectivity index (χ0) is 11.1. The van der Waals surface area contributed by atoms with E-state index in [0.29, 0.717) is 5.92 Å². The third-order valence-electron chi connectivity index (χ3n) is 3.97. The third kappa shape index (κ3) is 1.63. The van der Waals surface area contributed by atoms with Gasteiger partial charge in [0.1, 0.15) is 5.82 Å². The van der Waals surface area contributed by atoms with E-state index in [0.717, 1.165) is 24.8 Å². The number of rotatable bonds is 1. The molecule has 3 rings (SSSR count). The maximum atomic E-state index is 4.76. The van der Waals surface area contributed by atoms with Gasteiger partial charge in [0.15, 0.2) is 0 Å². The molecule has 1 aliphatic carbocycles. The molecule has 3 nitrogen and oxygen atoms in total. The first-order valence-electron chi connectivity index (χ1n) is 6.31. The second-order valence-electron chi connectivity index (χ2n) is 5.31. The molecule has 2 unspecified atom stereocenters. The number of aryl methyl sites for hydroxylation is 1. The summed E-state index contributed by atoms with van der Waals surface area (Å²) in [5.74, 6) is 2.56. The van der Waals surface area contributed by atoms with E-state index in [1.165, 1.54) is 36.2 Å². The van der Waals surface area contributed by atoms with Gasteiger partial charge >= 0.3 is 0 Å². The summed E-state index contributed by atoms with van der Waals surface area (Å²) in [7, 11) is 0. The topological polar surface area (TPSA) is 37.8 Å². The summed E-state index contributed by atoms with van der Waals surface area (Å²) in [6.07, 6.45) is 3.88. The van der Waals surface area contributed by atoms with E-state index >= 15 is 0 Å². The van der Waals surface area contributed by atoms with Crippen molar-refractivity contribution < 1.29 is 0 Å². The van der Waals surface area contributed by atoms with Gasteiger partial charge in [-0.2, -0.15) is 0 Å². The largest absolute Gasteiger partial charge is 0.307 e. The van der Waals surface area contributed by atoms with Gasteiger partial charge < -0.3 is 5.32 Å². The Kier molecular flexibility index (Phi) is 2.43. The van der Waals surface area contributed by atoms with Crippen LogP contribution in [0.1, 0.15) is 54.9 Å². The van der Waals surface area contributed by atoms with Crippen molar-refractivity contribution in [3.05, 3.63) is 22.8 Å². The Morgan fingerprint density at radius 3 is 2.81 bits per heavy atom. The van der Waals surface area contributed by atoms with Crippen LogP contribution in [0.25, 0.3) is 0 Å². The summed E-state index contributed by atoms with van der Waals surface area (Å²) in [6, 6.07) is 0. The van der Waals surface area contributed by atoms with Gasteiger partial charge in [0.25, 0.3) is 0 Å². The van der Waals surface area contributed by atoms with Crippen LogP contribution in [-0.4, -0.2) is 9.97 Å². The molecule has 1 aromatic rings. The summed E-state index contributed by atoms with van der Waals surface area (Å²) < 4.78 is 0. The van der Waals surface area contributed by atoms with Gasteiger partial charge in [-0.1, -0.05) is 6.92 Å². The highest BCUT2D eigenvalue weighted by atomic mass is 15.0. The predicted molar refractivity (Wildman–Crippen MR) is 63.1 cm³/mol. The average molecular weight is 217 g/mol. The van der Waals surface area contributed by atoms with Crippen molar-refractivity contribution in [3.8, 4) is 0 Å². The van der Waals surface area contributed by atoms with Gasteiger partial charge in [0.2, 0.25) is 0 Å². The molecule has 1 saturated carbocycles. The molecule has 2 heterocycles. The average Bonchev–Trinajstić information content (AvgIpc) is 2.85. The van der Waals surface area contributed by atoms with Crippen molar-refractivity contribution in [1.82, 2.24) is 15.3 Å². The molecule has 0 bridgehead atoms. The normalized spacial score (nSPS) is 28.4. The molecular weight excluding hydrogens is 198 g/mol. The van der Waals surface area contributed by atoms with E-state index in [9.17, 15) is 0 Å². The van der Waals surface area contributed by atoms with Crippen molar-refractivity contribution in [3.63, 3.8) is 0 Å². The van der Waals surface area contributed by atoms with Crippen molar-refractivity contribution in [2.24, 2.45) is 5.92 Å². The molecular formula is C13H19N3. The van der Waals surface area contributed by atoms with Crippen molar-refractivity contribution in [1.29, 1.82) is 0 Å². The summed E-state index contributed by atoms with van der Waals surface area (Å²) >= 11 is 0. The fourth-order valence-electron chi connectivity index (χ4n) is 2.99. The first-order valence-corrected chi connectivity index (χ1v) is 6.31. The minimum absolute atomic E-state index is 0.611. The van der Waals surface area contributed by atoms with Crippen LogP contribution in [0, 0.1) is 12.8 Å². The SMILES string of the molecule is Cc1nc(C2CCC(C)C2)nc2c1CNC2. The summed E-state index contributed by atoms with van der Waals surface area (Å²) in [5, 5.41) is 3.35. The minimum atomic E-state index is 0.611. The Labute approximate surface area is 96.7 Å². The number of hydrogen-bond acceptors (Lipinski definition) is 3. The van der Waals surface area contributed by atoms with Crippen LogP contribution in [0.5, 0.6) is 0 Å². The molecule has 86 valence electrons. The molecule has 1 N–H and O–H groups in total. The second-order valence-corrected chi connectivity index (χ2v) is 5.31. The van der Waals surface area contributed by atoms with Crippen LogP contribution < -0.4 is 5.32 Å². The highest BCUT2D eigenvalue weighted by Crippen LogP contribution is 2.36. The number of hydrogen-bond donors (Lipinski definition) is 1. The molecule has 0 radical (unpaired) electrons. The van der Waals surface area contributed by atoms with Crippen LogP contribution in [0.4, 0.5) is 0 Å². The first-order chi connectivity index (χ1) is 7.74. The lowest BCUT2D eigenvalue weighted by molar-refractivity contribution is 0.583. The van der Waals surface area contributed by atoms with Crippen molar-refractivity contribution >= 4 is 0 Å². The number of nitrogens with zero attached hydrogens (tertiary/aromatic N) is 2. The van der Waals surface area contributed by atoms with Crippen molar-refractivity contribution in [2.45, 2.75) is 52.1 Å². The lowest BCUT2D eigenvalue weighted by atomic mass is 10.0. The van der Waals surface area contributed by atoms with Gasteiger partial charge in [-0.25, -0.2) is 9.97 Å². The first kappa shape index (κ1) is 10.2. The lowest BCUT2D eigenvalue weighted by Crippen LogP contribution is -2.06. The summed E-state index contributed by atoms with van der Waals surface area (Å²) in [5.41, 5.74) is 3.75. The van der Waals surface area contributed by atoms with E-state index in [4.69, 9.17) is 9.97 Å². The molecule has 1 aromatic heterocycles. The monoisotopic (exact) mass is 217 g/mol. The Hall–Kier alpha value is -0.960. The van der Waals surface area contributed by atoms with Gasteiger partial charge in [0, 0.05) is 30.3 Å². The fraction of sp³-hybridized carbons (Fsp3) is 0.692. The standard InChI is InChI=1S/C13H19N3/c1-8-3-4-10(5-8)13-15-9(2)11-6-14-7-12(11)16-13/h8,10,14H,3-7H2,1-2H3. The van der Waals surface area contributed by atoms with E-state index < -0.39 is 0 Å². The third-order valence-corrected chi connectivity index (χ3v) is 3.97. The Bertz CT molecular complexity index is 414. The Morgan fingerprint density at radius 1 is 1.19 bits per heavy atom. The maximum absolute atomic E-state index is 4.76. The highest BCUT2D eigenvalue weighted by Gasteiger charge is 2.27. The zero-order valence-electron chi connectivity index (χ0n) is 10.1. The maximum Gasteiger partial charge on any atom is 0.132 e. The van der Waals surface area contributed by atoms with Crippen LogP contribution in [-0.2, 0) is 13.1 Å². The molecule has 16 heavy (non-hydrogen) atoms. The second kappa shape index (κ2) is 3.81. The summed E-state index contributed by atoms with van der Waals surface area (Å²) in [4.78, 5) is 9.47. The van der Waals surface area contributed by atoms with E-state index in [-0.39, 0.29) is 0 Å². The molecule has 0 aromatic carbocycles. The van der Waals surface area contributed by atoms with E-state index in [2.05, 4.69) is 19.2 Å². The Balaban J connectivity index is 1.94. The smallest absolute Gasteiger partial charge is 0.132 e. The molecule has 0 saturated heterocycles. The molecule has 0 amide bonds. The molecule has 2 aliphatic rings. The Morgan fingerprint density at radius 2 is 2.06 bits per heavy atom. The molecule has 3 heteroatoms. The summed E-state index contributed by atoms with van der Waals surface area (Å²) in [6.45, 7) is 6.33. The van der Waals surface area contributed by atoms with E-state index in [1.54, 1.807) is 0 Å². The van der Waals surface area contributed by atoms with Crippen LogP contribution in [0.2, 0.25) is 0 Å². The molecule has 2 atom stereocenters. The lowest BCUT2D eigenvalue weighted by Gasteiger charge is -2.11. The van der Waals surface area contributed by atoms with Crippen LogP contribution in [0.15, 0.2) is 0 Å². The van der Waals surface area contributed by atoms with E-state index in [1.807, 2.05) is 0 Å². The number of nitrogens with one attached hydrogen (secondary N) is 1. The predicted octanol–water partition coefficient (Wildman–Crippen LogP) is 2.29. The van der Waals surface area contributed by atoms with Gasteiger partial charge in [-0.05, 0) is 32.1 Å². The molecule has 1 fully saturated rings. The van der Waals surface area contributed by atoms with Gasteiger partial charge in [0.05, 0.1) is 5.69 Å². The number of aromatic nitrogens is 2. The van der Waals surface area contributed by atoms with Gasteiger partial charge in [-0.3, -0.25) is 0 Å².